The van der Waals surface area contributed by atoms with E-state index in [-0.39, 0.29) is 30.1 Å². The lowest BCUT2D eigenvalue weighted by Gasteiger charge is -2.17. The van der Waals surface area contributed by atoms with Crippen molar-refractivity contribution in [2.45, 2.75) is 34.5 Å². The number of aromatic nitrogens is 3. The first-order chi connectivity index (χ1) is 18.4. The Balaban J connectivity index is 1.42. The van der Waals surface area contributed by atoms with Crippen molar-refractivity contribution in [2.75, 3.05) is 24.8 Å². The molecular weight excluding hydrogens is 547 g/mol. The number of rotatable bonds is 12. The maximum absolute atomic E-state index is 14.0. The first-order valence-corrected chi connectivity index (χ1v) is 13.9. The first-order valence-electron chi connectivity index (χ1n) is 11.7. The fourth-order valence-electron chi connectivity index (χ4n) is 3.57. The summed E-state index contributed by atoms with van der Waals surface area (Å²) in [6.07, 6.45) is 0. The molecule has 0 aliphatic rings. The highest BCUT2D eigenvalue weighted by molar-refractivity contribution is 8.00. The van der Waals surface area contributed by atoms with Crippen molar-refractivity contribution >= 4 is 46.7 Å². The van der Waals surface area contributed by atoms with Crippen LogP contribution in [0.5, 0.6) is 5.75 Å². The Kier molecular flexibility index (Phi) is 10.1. The van der Waals surface area contributed by atoms with E-state index in [0.29, 0.717) is 28.3 Å². The van der Waals surface area contributed by atoms with E-state index in [1.54, 1.807) is 25.3 Å². The largest absolute Gasteiger partial charge is 0.483 e. The van der Waals surface area contributed by atoms with Crippen molar-refractivity contribution < 1.29 is 18.7 Å². The van der Waals surface area contributed by atoms with Gasteiger partial charge in [-0.2, -0.15) is 0 Å². The Bertz CT molecular complexity index is 1370. The maximum atomic E-state index is 14.0. The molecule has 1 aromatic heterocycles. The van der Waals surface area contributed by atoms with Crippen LogP contribution < -0.4 is 10.1 Å². The van der Waals surface area contributed by atoms with E-state index in [4.69, 9.17) is 21.1 Å². The lowest BCUT2D eigenvalue weighted by molar-refractivity contribution is -0.113. The molecule has 0 aliphatic heterocycles. The summed E-state index contributed by atoms with van der Waals surface area (Å²) in [5.74, 6) is 0.114. The SMILES string of the molecule is COC[C@H](C)n1c(COc2ccccc2F)nnc1SCC(=O)Nc1ccccc1Sc1ccc(Cl)cc1. The van der Waals surface area contributed by atoms with Crippen LogP contribution in [-0.2, 0) is 16.1 Å². The molecule has 7 nitrogen and oxygen atoms in total. The van der Waals surface area contributed by atoms with Crippen molar-refractivity contribution in [3.05, 3.63) is 89.5 Å². The molecule has 0 aliphatic carbocycles. The second kappa shape index (κ2) is 13.7. The van der Waals surface area contributed by atoms with Gasteiger partial charge in [-0.15, -0.1) is 10.2 Å². The van der Waals surface area contributed by atoms with E-state index in [0.717, 1.165) is 9.79 Å². The van der Waals surface area contributed by atoms with E-state index < -0.39 is 5.82 Å². The molecule has 1 heterocycles. The van der Waals surface area contributed by atoms with Gasteiger partial charge in [0.25, 0.3) is 0 Å². The van der Waals surface area contributed by atoms with Gasteiger partial charge in [-0.25, -0.2) is 4.39 Å². The topological polar surface area (TPSA) is 78.3 Å². The molecule has 0 unspecified atom stereocenters. The van der Waals surface area contributed by atoms with Crippen LogP contribution in [0.3, 0.4) is 0 Å². The van der Waals surface area contributed by atoms with Crippen molar-refractivity contribution in [3.8, 4) is 5.75 Å². The third kappa shape index (κ3) is 7.50. The molecule has 3 aromatic carbocycles. The van der Waals surface area contributed by atoms with Crippen LogP contribution in [0.15, 0.2) is 87.7 Å². The molecule has 0 fully saturated rings. The van der Waals surface area contributed by atoms with Gasteiger partial charge in [0.05, 0.1) is 24.1 Å². The summed E-state index contributed by atoms with van der Waals surface area (Å²) in [5, 5.41) is 12.7. The van der Waals surface area contributed by atoms with Crippen molar-refractivity contribution in [2.24, 2.45) is 0 Å². The van der Waals surface area contributed by atoms with E-state index >= 15 is 0 Å². The molecule has 11 heteroatoms. The number of carbonyl (C=O) groups excluding carboxylic acids is 1. The molecule has 4 rings (SSSR count). The molecule has 1 atom stereocenters. The number of nitrogens with one attached hydrogen (secondary N) is 1. The summed E-state index contributed by atoms with van der Waals surface area (Å²) in [7, 11) is 1.61. The first kappa shape index (κ1) is 28.0. The zero-order valence-electron chi connectivity index (χ0n) is 20.8. The van der Waals surface area contributed by atoms with E-state index in [1.807, 2.05) is 60.0 Å². The average molecular weight is 573 g/mol. The predicted octanol–water partition coefficient (Wildman–Crippen LogP) is 6.74. The van der Waals surface area contributed by atoms with Gasteiger partial charge in [0.1, 0.15) is 6.61 Å². The molecule has 38 heavy (non-hydrogen) atoms. The number of halogens is 2. The Morgan fingerprint density at radius 2 is 1.82 bits per heavy atom. The predicted molar refractivity (Wildman–Crippen MR) is 149 cm³/mol. The third-order valence-electron chi connectivity index (χ3n) is 5.31. The Labute approximate surface area is 234 Å². The number of hydrogen-bond donors (Lipinski definition) is 1. The minimum Gasteiger partial charge on any atom is -0.483 e. The zero-order chi connectivity index (χ0) is 26.9. The van der Waals surface area contributed by atoms with Crippen LogP contribution in [0.1, 0.15) is 18.8 Å². The number of carbonyl (C=O) groups is 1. The molecule has 198 valence electrons. The fraction of sp³-hybridized carbons (Fsp3) is 0.222. The molecule has 0 saturated heterocycles. The maximum Gasteiger partial charge on any atom is 0.234 e. The van der Waals surface area contributed by atoms with E-state index in [2.05, 4.69) is 15.5 Å². The quantitative estimate of drug-likeness (QED) is 0.188. The molecule has 1 N–H and O–H groups in total. The molecule has 4 aromatic rings. The van der Waals surface area contributed by atoms with Crippen LogP contribution in [0, 0.1) is 5.82 Å². The standard InChI is InChI=1S/C27H26ClFN4O3S2/c1-18(15-35-2)33-25(16-36-23-9-5-3-7-21(23)29)31-32-27(33)37-17-26(34)30-22-8-4-6-10-24(22)38-20-13-11-19(28)12-14-20/h3-14,18H,15-17H2,1-2H3,(H,30,34)/t18-/m0/s1. The number of hydrogen-bond acceptors (Lipinski definition) is 7. The second-order valence-electron chi connectivity index (χ2n) is 8.18. The highest BCUT2D eigenvalue weighted by atomic mass is 35.5. The smallest absolute Gasteiger partial charge is 0.234 e. The van der Waals surface area contributed by atoms with Crippen LogP contribution in [-0.4, -0.2) is 40.1 Å². The fourth-order valence-corrected chi connectivity index (χ4v) is 5.45. The van der Waals surface area contributed by atoms with Crippen molar-refractivity contribution in [3.63, 3.8) is 0 Å². The number of nitrogens with zero attached hydrogens (tertiary/aromatic N) is 3. The number of amides is 1. The highest BCUT2D eigenvalue weighted by Gasteiger charge is 2.20. The van der Waals surface area contributed by atoms with Gasteiger partial charge in [0.15, 0.2) is 22.5 Å². The minimum absolute atomic E-state index is 0.0179. The van der Waals surface area contributed by atoms with Crippen LogP contribution in [0.25, 0.3) is 0 Å². The highest BCUT2D eigenvalue weighted by Crippen LogP contribution is 2.34. The Morgan fingerprint density at radius 1 is 1.08 bits per heavy atom. The van der Waals surface area contributed by atoms with Gasteiger partial charge in [-0.3, -0.25) is 9.36 Å². The van der Waals surface area contributed by atoms with Crippen LogP contribution >= 0.6 is 35.1 Å². The van der Waals surface area contributed by atoms with Crippen molar-refractivity contribution in [1.82, 2.24) is 14.8 Å². The Morgan fingerprint density at radius 3 is 2.58 bits per heavy atom. The van der Waals surface area contributed by atoms with Gasteiger partial charge in [0, 0.05) is 21.9 Å². The summed E-state index contributed by atoms with van der Waals surface area (Å²) in [6.45, 7) is 2.37. The van der Waals surface area contributed by atoms with E-state index in [9.17, 15) is 9.18 Å². The molecular formula is C27H26ClFN4O3S2. The second-order valence-corrected chi connectivity index (χ2v) is 10.7. The number of benzene rings is 3. The summed E-state index contributed by atoms with van der Waals surface area (Å²) < 4.78 is 26.8. The van der Waals surface area contributed by atoms with Gasteiger partial charge in [-0.1, -0.05) is 59.4 Å². The van der Waals surface area contributed by atoms with Crippen LogP contribution in [0.4, 0.5) is 10.1 Å². The summed E-state index contributed by atoms with van der Waals surface area (Å²) in [6, 6.07) is 21.2. The van der Waals surface area contributed by atoms with Gasteiger partial charge >= 0.3 is 0 Å². The van der Waals surface area contributed by atoms with Gasteiger partial charge in [0.2, 0.25) is 5.91 Å². The molecule has 0 bridgehead atoms. The number of thioether (sulfide) groups is 1. The monoisotopic (exact) mass is 572 g/mol. The van der Waals surface area contributed by atoms with Crippen LogP contribution in [0.2, 0.25) is 5.02 Å². The lowest BCUT2D eigenvalue weighted by atomic mass is 10.3. The summed E-state index contributed by atoms with van der Waals surface area (Å²) in [4.78, 5) is 14.8. The zero-order valence-corrected chi connectivity index (χ0v) is 23.2. The minimum atomic E-state index is -0.454. The summed E-state index contributed by atoms with van der Waals surface area (Å²) >= 11 is 8.79. The molecule has 0 saturated carbocycles. The molecule has 0 spiro atoms. The number of methoxy groups -OCH3 is 1. The average Bonchev–Trinajstić information content (AvgIpc) is 3.32. The summed E-state index contributed by atoms with van der Waals surface area (Å²) in [5.41, 5.74) is 0.714. The number of ether oxygens (including phenoxy) is 2. The Hall–Kier alpha value is -3.05. The normalized spacial score (nSPS) is 11.8. The lowest BCUT2D eigenvalue weighted by Crippen LogP contribution is -2.18. The molecule has 1 amide bonds. The molecule has 0 radical (unpaired) electrons. The van der Waals surface area contributed by atoms with Crippen molar-refractivity contribution in [1.29, 1.82) is 0 Å². The van der Waals surface area contributed by atoms with Gasteiger partial charge < -0.3 is 14.8 Å². The third-order valence-corrected chi connectivity index (χ3v) is 7.59. The van der Waals surface area contributed by atoms with E-state index in [1.165, 1.54) is 29.6 Å². The number of para-hydroxylation sites is 2. The van der Waals surface area contributed by atoms with Gasteiger partial charge in [-0.05, 0) is 55.5 Å². The number of anilines is 1.